The number of hydrogen-bond donors (Lipinski definition) is 0. The highest BCUT2D eigenvalue weighted by molar-refractivity contribution is 7.89. The van der Waals surface area contributed by atoms with Gasteiger partial charge in [-0.15, -0.1) is 11.3 Å². The van der Waals surface area contributed by atoms with Crippen LogP contribution in [0.4, 0.5) is 4.39 Å². The lowest BCUT2D eigenvalue weighted by molar-refractivity contribution is 0.111. The van der Waals surface area contributed by atoms with Crippen molar-refractivity contribution < 1.29 is 17.3 Å². The molecule has 2 fully saturated rings. The van der Waals surface area contributed by atoms with E-state index in [4.69, 9.17) is 4.52 Å². The number of thiophene rings is 1. The third-order valence-electron chi connectivity index (χ3n) is 6.59. The van der Waals surface area contributed by atoms with Crippen molar-refractivity contribution >= 4 is 21.4 Å². The summed E-state index contributed by atoms with van der Waals surface area (Å²) in [5.41, 5.74) is 0.628. The van der Waals surface area contributed by atoms with E-state index in [9.17, 15) is 12.8 Å². The van der Waals surface area contributed by atoms with Crippen molar-refractivity contribution in [1.82, 2.24) is 19.3 Å². The number of aryl methyl sites for hydroxylation is 1. The molecule has 0 N–H and O–H groups in total. The Morgan fingerprint density at radius 1 is 1.06 bits per heavy atom. The van der Waals surface area contributed by atoms with Gasteiger partial charge in [0.2, 0.25) is 15.8 Å². The molecule has 0 unspecified atom stereocenters. The molecular weight excluding hydrogens is 463 g/mol. The quantitative estimate of drug-likeness (QED) is 0.522. The number of rotatable bonds is 5. The Morgan fingerprint density at radius 2 is 1.76 bits per heavy atom. The highest BCUT2D eigenvalue weighted by Crippen LogP contribution is 2.35. The Kier molecular flexibility index (Phi) is 6.34. The molecule has 0 spiro atoms. The van der Waals surface area contributed by atoms with E-state index >= 15 is 0 Å². The number of halogens is 1. The molecule has 0 radical (unpaired) electrons. The summed E-state index contributed by atoms with van der Waals surface area (Å²) in [6.45, 7) is 4.39. The second kappa shape index (κ2) is 9.25. The third-order valence-corrected chi connectivity index (χ3v) is 9.79. The summed E-state index contributed by atoms with van der Waals surface area (Å²) in [7, 11) is -3.60. The van der Waals surface area contributed by atoms with Crippen LogP contribution >= 0.6 is 11.3 Å². The van der Waals surface area contributed by atoms with Gasteiger partial charge in [0.05, 0.1) is 9.77 Å². The molecule has 5 rings (SSSR count). The largest absolute Gasteiger partial charge is 0.333 e. The van der Waals surface area contributed by atoms with Crippen LogP contribution in [0.2, 0.25) is 0 Å². The van der Waals surface area contributed by atoms with Crippen molar-refractivity contribution in [3.05, 3.63) is 41.0 Å². The molecule has 1 saturated carbocycles. The van der Waals surface area contributed by atoms with E-state index in [1.807, 2.05) is 0 Å². The number of aromatic nitrogens is 2. The van der Waals surface area contributed by atoms with E-state index in [0.29, 0.717) is 45.2 Å². The minimum atomic E-state index is -3.60. The first kappa shape index (κ1) is 22.6. The lowest BCUT2D eigenvalue weighted by Crippen LogP contribution is -2.52. The maximum atomic E-state index is 13.4. The first-order chi connectivity index (χ1) is 15.9. The van der Waals surface area contributed by atoms with Crippen LogP contribution in [0, 0.1) is 12.7 Å². The summed E-state index contributed by atoms with van der Waals surface area (Å²) < 4.78 is 47.0. The van der Waals surface area contributed by atoms with Gasteiger partial charge in [0.15, 0.2) is 0 Å². The Morgan fingerprint density at radius 3 is 2.45 bits per heavy atom. The molecule has 10 heteroatoms. The molecule has 33 heavy (non-hydrogen) atoms. The van der Waals surface area contributed by atoms with E-state index in [0.717, 1.165) is 13.1 Å². The second-order valence-corrected chi connectivity index (χ2v) is 11.9. The Balaban J connectivity index is 1.31. The average molecular weight is 491 g/mol. The van der Waals surface area contributed by atoms with Crippen LogP contribution in [0.15, 0.2) is 39.8 Å². The van der Waals surface area contributed by atoms with Crippen LogP contribution in [0.5, 0.6) is 0 Å². The molecule has 2 aliphatic rings. The lowest BCUT2D eigenvalue weighted by Gasteiger charge is -2.40. The molecular formula is C23H27FN4O3S2. The number of hydrogen-bond acceptors (Lipinski definition) is 7. The van der Waals surface area contributed by atoms with Crippen LogP contribution in [-0.4, -0.2) is 60.0 Å². The van der Waals surface area contributed by atoms with Crippen molar-refractivity contribution in [3.8, 4) is 22.2 Å². The molecule has 7 nitrogen and oxygen atoms in total. The molecule has 3 aromatic rings. The summed E-state index contributed by atoms with van der Waals surface area (Å²) in [5, 5.41) is 3.97. The number of sulfonamides is 1. The van der Waals surface area contributed by atoms with Crippen molar-refractivity contribution in [2.75, 3.05) is 26.2 Å². The van der Waals surface area contributed by atoms with Gasteiger partial charge in [-0.3, -0.25) is 4.90 Å². The average Bonchev–Trinajstić information content (AvgIpc) is 3.48. The third kappa shape index (κ3) is 4.62. The molecule has 3 heterocycles. The van der Waals surface area contributed by atoms with Crippen molar-refractivity contribution in [2.24, 2.45) is 0 Å². The smallest absolute Gasteiger partial charge is 0.268 e. The van der Waals surface area contributed by atoms with Gasteiger partial charge in [-0.05, 0) is 50.1 Å². The van der Waals surface area contributed by atoms with Crippen LogP contribution in [0.1, 0.15) is 37.0 Å². The summed E-state index contributed by atoms with van der Waals surface area (Å²) in [5.74, 6) is 0.246. The minimum absolute atomic E-state index is 0.256. The van der Waals surface area contributed by atoms with Crippen molar-refractivity contribution in [2.45, 2.75) is 50.0 Å². The molecule has 2 aromatic heterocycles. The number of piperazine rings is 1. The maximum absolute atomic E-state index is 13.4. The predicted molar refractivity (Wildman–Crippen MR) is 125 cm³/mol. The first-order valence-electron chi connectivity index (χ1n) is 11.4. The van der Waals surface area contributed by atoms with E-state index in [1.165, 1.54) is 55.6 Å². The van der Waals surface area contributed by atoms with Gasteiger partial charge in [-0.2, -0.15) is 9.29 Å². The fourth-order valence-electron chi connectivity index (χ4n) is 4.76. The minimum Gasteiger partial charge on any atom is -0.333 e. The van der Waals surface area contributed by atoms with Crippen molar-refractivity contribution in [1.29, 1.82) is 0 Å². The van der Waals surface area contributed by atoms with Gasteiger partial charge in [-0.1, -0.05) is 24.4 Å². The molecule has 1 saturated heterocycles. The summed E-state index contributed by atoms with van der Waals surface area (Å²) >= 11 is 1.32. The summed E-state index contributed by atoms with van der Waals surface area (Å²) in [4.78, 5) is 8.45. The van der Waals surface area contributed by atoms with E-state index in [1.54, 1.807) is 29.4 Å². The standard InChI is InChI=1S/C23H27FN4O3S2/c1-16-21(33(29,30)28-13-11-27(12-14-28)19-5-3-2-4-6-19)15-20(32-16)23-25-22(26-31-23)17-7-9-18(24)10-8-17/h7-10,15,19H,2-6,11-14H2,1H3. The monoisotopic (exact) mass is 490 g/mol. The van der Waals surface area contributed by atoms with Gasteiger partial charge in [-0.25, -0.2) is 12.8 Å². The molecule has 0 amide bonds. The number of nitrogens with zero attached hydrogens (tertiary/aromatic N) is 4. The predicted octanol–water partition coefficient (Wildman–Crippen LogP) is 4.55. The van der Waals surface area contributed by atoms with E-state index < -0.39 is 10.0 Å². The van der Waals surface area contributed by atoms with E-state index in [-0.39, 0.29) is 11.7 Å². The molecule has 0 atom stereocenters. The van der Waals surface area contributed by atoms with E-state index in [2.05, 4.69) is 15.0 Å². The lowest BCUT2D eigenvalue weighted by atomic mass is 9.94. The number of benzene rings is 1. The van der Waals surface area contributed by atoms with Crippen molar-refractivity contribution in [3.63, 3.8) is 0 Å². The molecule has 176 valence electrons. The molecule has 1 aliphatic heterocycles. The molecule has 1 aromatic carbocycles. The Bertz CT molecular complexity index is 1210. The van der Waals surface area contributed by atoms with Crippen LogP contribution in [0.3, 0.4) is 0 Å². The zero-order chi connectivity index (χ0) is 23.0. The van der Waals surface area contributed by atoms with Gasteiger partial charge in [0.25, 0.3) is 5.89 Å². The fourth-order valence-corrected chi connectivity index (χ4v) is 7.67. The Labute approximate surface area is 197 Å². The van der Waals surface area contributed by atoms with Crippen LogP contribution in [0.25, 0.3) is 22.2 Å². The SMILES string of the molecule is Cc1sc(-c2nc(-c3ccc(F)cc3)no2)cc1S(=O)(=O)N1CCN(C2CCCCC2)CC1. The maximum Gasteiger partial charge on any atom is 0.268 e. The van der Waals surface area contributed by atoms with Crippen LogP contribution in [-0.2, 0) is 10.0 Å². The first-order valence-corrected chi connectivity index (χ1v) is 13.6. The highest BCUT2D eigenvalue weighted by atomic mass is 32.2. The highest BCUT2D eigenvalue weighted by Gasteiger charge is 2.33. The van der Waals surface area contributed by atoms with Crippen LogP contribution < -0.4 is 0 Å². The Hall–Kier alpha value is -2.14. The summed E-state index contributed by atoms with van der Waals surface area (Å²) in [6, 6.07) is 8.05. The van der Waals surface area contributed by atoms with Gasteiger partial charge < -0.3 is 4.52 Å². The zero-order valence-electron chi connectivity index (χ0n) is 18.5. The van der Waals surface area contributed by atoms with Gasteiger partial charge in [0, 0.05) is 42.7 Å². The fraction of sp³-hybridized carbons (Fsp3) is 0.478. The zero-order valence-corrected chi connectivity index (χ0v) is 20.2. The van der Waals surface area contributed by atoms with Gasteiger partial charge >= 0.3 is 0 Å². The van der Waals surface area contributed by atoms with Gasteiger partial charge in [0.1, 0.15) is 5.82 Å². The second-order valence-electron chi connectivity index (χ2n) is 8.69. The summed E-state index contributed by atoms with van der Waals surface area (Å²) in [6.07, 6.45) is 6.32. The normalized spacial score (nSPS) is 19.2. The molecule has 1 aliphatic carbocycles. The molecule has 0 bridgehead atoms. The topological polar surface area (TPSA) is 79.5 Å².